The monoisotopic (exact) mass is 1030 g/mol. The Bertz CT molecular complexity index is 988. The number of carbonyl (C=O) groups is 4. The number of aliphatic carboxylic acids is 2. The van der Waals surface area contributed by atoms with E-state index in [1.54, 1.807) is 0 Å². The van der Waals surface area contributed by atoms with E-state index in [1.165, 1.54) is 180 Å². The summed E-state index contributed by atoms with van der Waals surface area (Å²) in [6.07, 6.45) is 56.0. The van der Waals surface area contributed by atoms with Crippen LogP contribution in [0.3, 0.4) is 0 Å². The van der Waals surface area contributed by atoms with Crippen LogP contribution >= 0.6 is 0 Å². The molecule has 0 aromatic rings. The van der Waals surface area contributed by atoms with Crippen molar-refractivity contribution < 1.29 is 58.3 Å². The molecular formula is C60H114O8Zn. The fourth-order valence-electron chi connectivity index (χ4n) is 9.18. The predicted molar refractivity (Wildman–Crippen MR) is 283 cm³/mol. The number of carboxylic acid groups (broad SMARTS) is 2. The molecule has 0 bridgehead atoms. The molecule has 0 saturated heterocycles. The van der Waals surface area contributed by atoms with Gasteiger partial charge in [-0.2, -0.15) is 0 Å². The van der Waals surface area contributed by atoms with E-state index < -0.39 is 11.9 Å². The van der Waals surface area contributed by atoms with Crippen molar-refractivity contribution in [3.63, 3.8) is 0 Å². The standard InChI is InChI=1S/2C30H58O4.Zn/c2*1-3-5-7-9-10-11-16-19-23-27-30(33)34-28(24-20-8-6-4-2)25-21-17-14-12-13-15-18-22-26-29(31)32;/h2*28H,3-27H2,1-2H3,(H,31,32);/q;;+2/p-2. The number of esters is 2. The number of carboxylic acids is 2. The second kappa shape index (κ2) is 60.8. The van der Waals surface area contributed by atoms with Gasteiger partial charge in [0, 0.05) is 24.8 Å². The van der Waals surface area contributed by atoms with Crippen molar-refractivity contribution in [1.29, 1.82) is 0 Å². The summed E-state index contributed by atoms with van der Waals surface area (Å²) in [6.45, 7) is 8.97. The van der Waals surface area contributed by atoms with Gasteiger partial charge in [0.25, 0.3) is 0 Å². The van der Waals surface area contributed by atoms with Crippen LogP contribution in [0.5, 0.6) is 0 Å². The molecule has 0 fully saturated rings. The van der Waals surface area contributed by atoms with E-state index in [2.05, 4.69) is 27.7 Å². The molecule has 0 rings (SSSR count). The Morgan fingerprint density at radius 1 is 0.275 bits per heavy atom. The van der Waals surface area contributed by atoms with Crippen molar-refractivity contribution in [1.82, 2.24) is 0 Å². The van der Waals surface area contributed by atoms with Gasteiger partial charge in [-0.15, -0.1) is 0 Å². The molecule has 0 amide bonds. The third-order valence-corrected chi connectivity index (χ3v) is 13.6. The van der Waals surface area contributed by atoms with Crippen LogP contribution in [0.1, 0.15) is 349 Å². The van der Waals surface area contributed by atoms with E-state index in [0.29, 0.717) is 12.8 Å². The van der Waals surface area contributed by atoms with Gasteiger partial charge < -0.3 is 29.3 Å². The Labute approximate surface area is 441 Å². The molecule has 0 aliphatic rings. The van der Waals surface area contributed by atoms with Crippen molar-refractivity contribution in [3.05, 3.63) is 0 Å². The SMILES string of the molecule is CCCCCCCCCCCC(=O)OC(CCCCCC)CCCCCCCCCCC(=O)[O-].CCCCCCCCCCCC(=O)OC(CCCCCC)CCCCCCCCCCC(=O)[O-].[Zn+2]. The molecule has 0 heterocycles. The Hall–Kier alpha value is -1.50. The fraction of sp³-hybridized carbons (Fsp3) is 0.933. The van der Waals surface area contributed by atoms with Gasteiger partial charge in [-0.25, -0.2) is 0 Å². The summed E-state index contributed by atoms with van der Waals surface area (Å²) in [5, 5.41) is 20.8. The second-order valence-corrected chi connectivity index (χ2v) is 20.6. The number of rotatable bonds is 54. The molecule has 8 nitrogen and oxygen atoms in total. The minimum atomic E-state index is -0.932. The van der Waals surface area contributed by atoms with E-state index in [1.807, 2.05) is 0 Å². The summed E-state index contributed by atoms with van der Waals surface area (Å²) in [7, 11) is 0. The van der Waals surface area contributed by atoms with E-state index >= 15 is 0 Å². The zero-order valence-corrected chi connectivity index (χ0v) is 49.5. The van der Waals surface area contributed by atoms with Crippen LogP contribution in [0, 0.1) is 0 Å². The zero-order valence-electron chi connectivity index (χ0n) is 46.5. The fourth-order valence-corrected chi connectivity index (χ4v) is 9.18. The van der Waals surface area contributed by atoms with Gasteiger partial charge in [-0.05, 0) is 89.9 Å². The average molecular weight is 1030 g/mol. The quantitative estimate of drug-likeness (QED) is 0.0334. The summed E-state index contributed by atoms with van der Waals surface area (Å²) in [6, 6.07) is 0. The Balaban J connectivity index is -0.00000124. The van der Waals surface area contributed by atoms with Crippen LogP contribution < -0.4 is 10.2 Å². The maximum atomic E-state index is 12.4. The molecule has 0 spiro atoms. The van der Waals surface area contributed by atoms with E-state index in [0.717, 1.165) is 116 Å². The topological polar surface area (TPSA) is 133 Å². The van der Waals surface area contributed by atoms with Crippen molar-refractivity contribution in [3.8, 4) is 0 Å². The van der Waals surface area contributed by atoms with Gasteiger partial charge in [-0.3, -0.25) is 9.59 Å². The first-order valence-electron chi connectivity index (χ1n) is 30.0. The molecule has 404 valence electrons. The predicted octanol–water partition coefficient (Wildman–Crippen LogP) is 16.9. The Kier molecular flexibility index (Phi) is 63.2. The molecule has 2 unspecified atom stereocenters. The van der Waals surface area contributed by atoms with Crippen molar-refractivity contribution in [2.75, 3.05) is 0 Å². The first-order chi connectivity index (χ1) is 33.2. The van der Waals surface area contributed by atoms with Crippen molar-refractivity contribution in [2.45, 2.75) is 361 Å². The number of ether oxygens (including phenoxy) is 2. The van der Waals surface area contributed by atoms with Crippen LogP contribution in [0.2, 0.25) is 0 Å². The second-order valence-electron chi connectivity index (χ2n) is 20.6. The van der Waals surface area contributed by atoms with E-state index in [-0.39, 0.29) is 56.5 Å². The number of unbranched alkanes of at least 4 members (excludes halogenated alkanes) is 36. The van der Waals surface area contributed by atoms with Crippen LogP contribution in [-0.2, 0) is 48.1 Å². The van der Waals surface area contributed by atoms with Gasteiger partial charge in [0.15, 0.2) is 0 Å². The normalized spacial score (nSPS) is 11.9. The molecule has 0 radical (unpaired) electrons. The third-order valence-electron chi connectivity index (χ3n) is 13.6. The number of carbonyl (C=O) groups excluding carboxylic acids is 4. The third kappa shape index (κ3) is 62.6. The zero-order chi connectivity index (χ0) is 50.2. The molecular weight excluding hydrogens is 914 g/mol. The smallest absolute Gasteiger partial charge is 0.550 e. The van der Waals surface area contributed by atoms with Gasteiger partial charge in [0.1, 0.15) is 12.2 Å². The number of hydrogen-bond donors (Lipinski definition) is 0. The molecule has 0 saturated carbocycles. The Morgan fingerprint density at radius 2 is 0.449 bits per heavy atom. The first-order valence-corrected chi connectivity index (χ1v) is 30.0. The molecule has 0 aliphatic heterocycles. The summed E-state index contributed by atoms with van der Waals surface area (Å²) in [5.74, 6) is -1.84. The van der Waals surface area contributed by atoms with Crippen LogP contribution in [-0.4, -0.2) is 36.1 Å². The maximum absolute atomic E-state index is 12.4. The van der Waals surface area contributed by atoms with E-state index in [9.17, 15) is 29.4 Å². The van der Waals surface area contributed by atoms with Gasteiger partial charge in [0.05, 0.1) is 0 Å². The molecule has 0 N–H and O–H groups in total. The van der Waals surface area contributed by atoms with E-state index in [4.69, 9.17) is 9.47 Å². The minimum Gasteiger partial charge on any atom is -0.550 e. The number of hydrogen-bond acceptors (Lipinski definition) is 8. The van der Waals surface area contributed by atoms with Crippen LogP contribution in [0.15, 0.2) is 0 Å². The molecule has 9 heteroatoms. The Morgan fingerprint density at radius 3 is 0.667 bits per heavy atom. The van der Waals surface area contributed by atoms with Crippen molar-refractivity contribution >= 4 is 23.9 Å². The van der Waals surface area contributed by atoms with Crippen LogP contribution in [0.4, 0.5) is 0 Å². The molecule has 0 aliphatic carbocycles. The molecule has 0 aromatic carbocycles. The largest absolute Gasteiger partial charge is 2.00 e. The summed E-state index contributed by atoms with van der Waals surface area (Å²) >= 11 is 0. The first kappa shape index (κ1) is 71.8. The van der Waals surface area contributed by atoms with Crippen molar-refractivity contribution in [2.24, 2.45) is 0 Å². The summed E-state index contributed by atoms with van der Waals surface area (Å²) in [4.78, 5) is 45.6. The van der Waals surface area contributed by atoms with Gasteiger partial charge in [0.2, 0.25) is 0 Å². The van der Waals surface area contributed by atoms with Gasteiger partial charge >= 0.3 is 31.4 Å². The van der Waals surface area contributed by atoms with Gasteiger partial charge in [-0.1, -0.05) is 246 Å². The molecule has 69 heavy (non-hydrogen) atoms. The van der Waals surface area contributed by atoms with Crippen LogP contribution in [0.25, 0.3) is 0 Å². The molecule has 2 atom stereocenters. The average Bonchev–Trinajstić information content (AvgIpc) is 3.31. The maximum Gasteiger partial charge on any atom is 2.00 e. The minimum absolute atomic E-state index is 0. The molecule has 0 aromatic heterocycles. The summed E-state index contributed by atoms with van der Waals surface area (Å²) in [5.41, 5.74) is 0. The summed E-state index contributed by atoms with van der Waals surface area (Å²) < 4.78 is 11.8.